The average molecular weight is 228 g/mol. The second-order valence-corrected chi connectivity index (χ2v) is 4.59. The van der Waals surface area contributed by atoms with Crippen molar-refractivity contribution in [2.24, 2.45) is 0 Å². The van der Waals surface area contributed by atoms with Gasteiger partial charge >= 0.3 is 0 Å². The quantitative estimate of drug-likeness (QED) is 0.573. The lowest BCUT2D eigenvalue weighted by Crippen LogP contribution is -1.91. The molecule has 2 heteroatoms. The summed E-state index contributed by atoms with van der Waals surface area (Å²) in [7, 11) is 0. The van der Waals surface area contributed by atoms with Crippen molar-refractivity contribution in [2.45, 2.75) is 77.6 Å². The molecule has 0 atom stereocenters. The van der Waals surface area contributed by atoms with Gasteiger partial charge in [0, 0.05) is 19.4 Å². The summed E-state index contributed by atoms with van der Waals surface area (Å²) in [5.41, 5.74) is 0. The highest BCUT2D eigenvalue weighted by Crippen LogP contribution is 2.12. The van der Waals surface area contributed by atoms with Crippen LogP contribution in [0, 0.1) is 0 Å². The topological polar surface area (TPSA) is 37.3 Å². The van der Waals surface area contributed by atoms with Crippen molar-refractivity contribution < 1.29 is 9.90 Å². The molecule has 0 bridgehead atoms. The molecule has 1 fully saturated rings. The van der Waals surface area contributed by atoms with Gasteiger partial charge in [-0.1, -0.05) is 45.4 Å². The Morgan fingerprint density at radius 2 is 1.50 bits per heavy atom. The fraction of sp³-hybridized carbons (Fsp3) is 0.929. The number of Topliss-reactive ketones (excluding diaryl/α,β-unsaturated/α-hetero) is 1. The first-order valence-corrected chi connectivity index (χ1v) is 6.93. The van der Waals surface area contributed by atoms with Gasteiger partial charge in [0.2, 0.25) is 0 Å². The molecule has 0 heterocycles. The Morgan fingerprint density at radius 3 is 2.00 bits per heavy atom. The zero-order valence-corrected chi connectivity index (χ0v) is 10.8. The van der Waals surface area contributed by atoms with Gasteiger partial charge in [0.05, 0.1) is 0 Å². The molecule has 0 aromatic rings. The molecule has 0 unspecified atom stereocenters. The molecule has 0 aromatic heterocycles. The van der Waals surface area contributed by atoms with Crippen molar-refractivity contribution in [3.63, 3.8) is 0 Å². The number of ketones is 1. The van der Waals surface area contributed by atoms with E-state index in [1.165, 1.54) is 38.5 Å². The van der Waals surface area contributed by atoms with Gasteiger partial charge < -0.3 is 5.11 Å². The summed E-state index contributed by atoms with van der Waals surface area (Å²) in [4.78, 5) is 10.7. The van der Waals surface area contributed by atoms with E-state index in [1.807, 2.05) is 0 Å². The predicted octanol–water partition coefficient (Wildman–Crippen LogP) is 3.86. The summed E-state index contributed by atoms with van der Waals surface area (Å²) in [6, 6.07) is 0. The molecular formula is C14H28O2. The Kier molecular flexibility index (Phi) is 12.4. The van der Waals surface area contributed by atoms with Crippen molar-refractivity contribution in [2.75, 3.05) is 6.61 Å². The first kappa shape index (κ1) is 15.6. The van der Waals surface area contributed by atoms with Gasteiger partial charge in [-0.25, -0.2) is 0 Å². The van der Waals surface area contributed by atoms with Crippen molar-refractivity contribution in [3.05, 3.63) is 0 Å². The fourth-order valence-corrected chi connectivity index (χ4v) is 1.84. The van der Waals surface area contributed by atoms with Gasteiger partial charge in [-0.15, -0.1) is 0 Å². The third-order valence-electron chi connectivity index (χ3n) is 2.92. The number of unbranched alkanes of at least 4 members (excludes halogenated alkanes) is 4. The van der Waals surface area contributed by atoms with Crippen molar-refractivity contribution >= 4 is 5.78 Å². The number of hydrogen-bond acceptors (Lipinski definition) is 2. The van der Waals surface area contributed by atoms with E-state index in [0.717, 1.165) is 32.1 Å². The van der Waals surface area contributed by atoms with E-state index < -0.39 is 0 Å². The maximum Gasteiger partial charge on any atom is 0.132 e. The minimum atomic E-state index is 0.365. The van der Waals surface area contributed by atoms with Crippen LogP contribution in [-0.4, -0.2) is 17.5 Å². The minimum absolute atomic E-state index is 0.365. The molecule has 1 rings (SSSR count). The third-order valence-corrected chi connectivity index (χ3v) is 2.92. The smallest absolute Gasteiger partial charge is 0.132 e. The van der Waals surface area contributed by atoms with E-state index in [9.17, 15) is 4.79 Å². The van der Waals surface area contributed by atoms with Crippen LogP contribution >= 0.6 is 0 Å². The van der Waals surface area contributed by atoms with Crippen molar-refractivity contribution in [1.29, 1.82) is 0 Å². The second kappa shape index (κ2) is 12.7. The van der Waals surface area contributed by atoms with Crippen LogP contribution in [0.2, 0.25) is 0 Å². The predicted molar refractivity (Wildman–Crippen MR) is 68.6 cm³/mol. The number of hydrogen-bond donors (Lipinski definition) is 1. The van der Waals surface area contributed by atoms with Crippen LogP contribution in [0.3, 0.4) is 0 Å². The van der Waals surface area contributed by atoms with Crippen LogP contribution in [0.15, 0.2) is 0 Å². The summed E-state index contributed by atoms with van der Waals surface area (Å²) in [5, 5.41) is 8.37. The molecule has 1 N–H and O–H groups in total. The van der Waals surface area contributed by atoms with Crippen LogP contribution in [0.5, 0.6) is 0 Å². The minimum Gasteiger partial charge on any atom is -0.396 e. The molecule has 1 aliphatic rings. The van der Waals surface area contributed by atoms with Crippen LogP contribution in [0.4, 0.5) is 0 Å². The Hall–Kier alpha value is -0.370. The van der Waals surface area contributed by atoms with E-state index >= 15 is 0 Å². The Morgan fingerprint density at radius 1 is 0.938 bits per heavy atom. The van der Waals surface area contributed by atoms with Gasteiger partial charge in [-0.3, -0.25) is 4.79 Å². The second-order valence-electron chi connectivity index (χ2n) is 4.59. The van der Waals surface area contributed by atoms with E-state index in [0.29, 0.717) is 12.4 Å². The molecular weight excluding hydrogens is 200 g/mol. The maximum atomic E-state index is 10.7. The molecule has 0 amide bonds. The van der Waals surface area contributed by atoms with Crippen molar-refractivity contribution in [1.82, 2.24) is 0 Å². The third kappa shape index (κ3) is 11.7. The number of aliphatic hydroxyl groups excluding tert-OH is 1. The van der Waals surface area contributed by atoms with Gasteiger partial charge in [0.15, 0.2) is 0 Å². The van der Waals surface area contributed by atoms with E-state index in [1.54, 1.807) is 0 Å². The Labute approximate surface area is 100 Å². The summed E-state index contributed by atoms with van der Waals surface area (Å²) in [6.07, 6.45) is 12.6. The summed E-state index contributed by atoms with van der Waals surface area (Å²) < 4.78 is 0. The largest absolute Gasteiger partial charge is 0.396 e. The maximum absolute atomic E-state index is 10.7. The van der Waals surface area contributed by atoms with E-state index in [2.05, 4.69) is 6.92 Å². The molecule has 1 aliphatic carbocycles. The molecule has 0 aromatic carbocycles. The molecule has 16 heavy (non-hydrogen) atoms. The number of carbonyl (C=O) groups excluding carboxylic acids is 1. The molecule has 0 aliphatic heterocycles. The first-order chi connectivity index (χ1) is 7.81. The lowest BCUT2D eigenvalue weighted by molar-refractivity contribution is -0.118. The monoisotopic (exact) mass is 228 g/mol. The number of rotatable bonds is 5. The zero-order chi connectivity index (χ0) is 12.1. The highest BCUT2D eigenvalue weighted by atomic mass is 16.2. The fourth-order valence-electron chi connectivity index (χ4n) is 1.84. The van der Waals surface area contributed by atoms with Crippen LogP contribution in [0.25, 0.3) is 0 Å². The molecule has 96 valence electrons. The van der Waals surface area contributed by atoms with E-state index in [4.69, 9.17) is 5.11 Å². The van der Waals surface area contributed by atoms with Gasteiger partial charge in [-0.05, 0) is 19.3 Å². The summed E-state index contributed by atoms with van der Waals surface area (Å²) in [5.74, 6) is 0.475. The van der Waals surface area contributed by atoms with Crippen LogP contribution in [-0.2, 0) is 4.79 Å². The van der Waals surface area contributed by atoms with Gasteiger partial charge in [0.1, 0.15) is 5.78 Å². The lowest BCUT2D eigenvalue weighted by atomic mass is 10.2. The average Bonchev–Trinajstić information content (AvgIpc) is 2.53. The standard InChI is InChI=1S/C7H12O.C7H16O/c8-7-5-3-1-2-4-6-7;1-2-3-4-5-6-7-8/h1-6H2;8H,2-7H2,1H3. The highest BCUT2D eigenvalue weighted by molar-refractivity contribution is 5.78. The zero-order valence-electron chi connectivity index (χ0n) is 10.8. The normalized spacial score (nSPS) is 16.2. The summed E-state index contributed by atoms with van der Waals surface area (Å²) in [6.45, 7) is 2.56. The van der Waals surface area contributed by atoms with E-state index in [-0.39, 0.29) is 0 Å². The highest BCUT2D eigenvalue weighted by Gasteiger charge is 2.04. The van der Waals surface area contributed by atoms with Crippen LogP contribution in [0.1, 0.15) is 77.6 Å². The van der Waals surface area contributed by atoms with Crippen LogP contribution < -0.4 is 0 Å². The molecule has 1 saturated carbocycles. The number of aliphatic hydroxyl groups is 1. The SMILES string of the molecule is CCCCCCCO.O=C1CCCCCC1. The lowest BCUT2D eigenvalue weighted by Gasteiger charge is -1.93. The van der Waals surface area contributed by atoms with Gasteiger partial charge in [-0.2, -0.15) is 0 Å². The Balaban J connectivity index is 0.000000281. The van der Waals surface area contributed by atoms with Crippen molar-refractivity contribution in [3.8, 4) is 0 Å². The molecule has 2 nitrogen and oxygen atoms in total. The molecule has 0 radical (unpaired) electrons. The first-order valence-electron chi connectivity index (χ1n) is 6.93. The molecule has 0 saturated heterocycles. The summed E-state index contributed by atoms with van der Waals surface area (Å²) >= 11 is 0. The number of carbonyl (C=O) groups is 1. The Bertz CT molecular complexity index is 139. The molecule has 0 spiro atoms. The van der Waals surface area contributed by atoms with Gasteiger partial charge in [0.25, 0.3) is 0 Å².